The predicted molar refractivity (Wildman–Crippen MR) is 93.9 cm³/mol. The first-order valence-corrected chi connectivity index (χ1v) is 9.04. The number of thioether (sulfide) groups is 1. The van der Waals surface area contributed by atoms with E-state index in [-0.39, 0.29) is 17.6 Å². The van der Waals surface area contributed by atoms with Crippen LogP contribution in [0.2, 0.25) is 0 Å². The summed E-state index contributed by atoms with van der Waals surface area (Å²) in [6, 6.07) is 7.28. The maximum Gasteiger partial charge on any atom is 0.234 e. The quantitative estimate of drug-likeness (QED) is 0.867. The first-order chi connectivity index (χ1) is 11.1. The Kier molecular flexibility index (Phi) is 6.77. The summed E-state index contributed by atoms with van der Waals surface area (Å²) >= 11 is 1.35. The highest BCUT2D eigenvalue weighted by Gasteiger charge is 2.20. The minimum absolute atomic E-state index is 0.125. The van der Waals surface area contributed by atoms with Crippen LogP contribution in [0.5, 0.6) is 5.75 Å². The molecule has 1 heterocycles. The van der Waals surface area contributed by atoms with Crippen LogP contribution in [0.25, 0.3) is 0 Å². The number of benzene rings is 1. The molecule has 0 aliphatic carbocycles. The Bertz CT molecular complexity index is 542. The zero-order valence-electron chi connectivity index (χ0n) is 13.7. The first-order valence-electron chi connectivity index (χ1n) is 7.88. The number of carbonyl (C=O) groups is 2. The van der Waals surface area contributed by atoms with Gasteiger partial charge in [-0.25, -0.2) is 0 Å². The van der Waals surface area contributed by atoms with Crippen molar-refractivity contribution < 1.29 is 14.3 Å². The SMILES string of the molecule is COc1ccccc1NC(=O)CSCC(=O)N1CCC(C)CC1. The molecule has 0 atom stereocenters. The molecular weight excluding hydrogens is 312 g/mol. The number of rotatable bonds is 6. The van der Waals surface area contributed by atoms with Crippen LogP contribution in [-0.4, -0.2) is 48.4 Å². The van der Waals surface area contributed by atoms with Gasteiger partial charge in [0.1, 0.15) is 5.75 Å². The zero-order valence-corrected chi connectivity index (χ0v) is 14.5. The van der Waals surface area contributed by atoms with Gasteiger partial charge in [0, 0.05) is 13.1 Å². The van der Waals surface area contributed by atoms with E-state index in [0.29, 0.717) is 23.1 Å². The molecular formula is C17H24N2O3S. The highest BCUT2D eigenvalue weighted by Crippen LogP contribution is 2.23. The van der Waals surface area contributed by atoms with Gasteiger partial charge in [-0.05, 0) is 30.9 Å². The Morgan fingerprint density at radius 1 is 1.26 bits per heavy atom. The van der Waals surface area contributed by atoms with Crippen LogP contribution >= 0.6 is 11.8 Å². The van der Waals surface area contributed by atoms with Crippen LogP contribution in [0.1, 0.15) is 19.8 Å². The third-order valence-corrected chi connectivity index (χ3v) is 4.89. The Morgan fingerprint density at radius 3 is 2.65 bits per heavy atom. The van der Waals surface area contributed by atoms with E-state index in [1.165, 1.54) is 11.8 Å². The van der Waals surface area contributed by atoms with Gasteiger partial charge in [0.25, 0.3) is 0 Å². The number of methoxy groups -OCH3 is 1. The number of nitrogens with zero attached hydrogens (tertiary/aromatic N) is 1. The van der Waals surface area contributed by atoms with E-state index in [1.54, 1.807) is 19.2 Å². The van der Waals surface area contributed by atoms with Crippen molar-refractivity contribution in [1.29, 1.82) is 0 Å². The smallest absolute Gasteiger partial charge is 0.234 e. The monoisotopic (exact) mass is 336 g/mol. The first kappa shape index (κ1) is 17.7. The van der Waals surface area contributed by atoms with Crippen LogP contribution in [0.15, 0.2) is 24.3 Å². The topological polar surface area (TPSA) is 58.6 Å². The minimum Gasteiger partial charge on any atom is -0.495 e. The Morgan fingerprint density at radius 2 is 1.96 bits per heavy atom. The molecule has 1 aliphatic heterocycles. The normalized spacial score (nSPS) is 15.3. The maximum atomic E-state index is 12.1. The summed E-state index contributed by atoms with van der Waals surface area (Å²) in [6.45, 7) is 3.90. The van der Waals surface area contributed by atoms with E-state index in [1.807, 2.05) is 17.0 Å². The van der Waals surface area contributed by atoms with Crippen molar-refractivity contribution in [2.24, 2.45) is 5.92 Å². The second kappa shape index (κ2) is 8.82. The molecule has 126 valence electrons. The number of anilines is 1. The molecule has 0 radical (unpaired) electrons. The fourth-order valence-corrected chi connectivity index (χ4v) is 3.23. The zero-order chi connectivity index (χ0) is 16.7. The Balaban J connectivity index is 1.71. The molecule has 1 N–H and O–H groups in total. The van der Waals surface area contributed by atoms with Crippen LogP contribution < -0.4 is 10.1 Å². The number of nitrogens with one attached hydrogen (secondary N) is 1. The summed E-state index contributed by atoms with van der Waals surface area (Å²) < 4.78 is 5.19. The highest BCUT2D eigenvalue weighted by atomic mass is 32.2. The van der Waals surface area contributed by atoms with Crippen molar-refractivity contribution >= 4 is 29.3 Å². The second-order valence-corrected chi connectivity index (χ2v) is 6.79. The van der Waals surface area contributed by atoms with E-state index in [4.69, 9.17) is 4.74 Å². The van der Waals surface area contributed by atoms with Gasteiger partial charge >= 0.3 is 0 Å². The lowest BCUT2D eigenvalue weighted by Gasteiger charge is -2.30. The van der Waals surface area contributed by atoms with Crippen molar-refractivity contribution in [3.63, 3.8) is 0 Å². The lowest BCUT2D eigenvalue weighted by molar-refractivity contribution is -0.129. The van der Waals surface area contributed by atoms with E-state index in [2.05, 4.69) is 12.2 Å². The fraction of sp³-hybridized carbons (Fsp3) is 0.529. The molecule has 0 spiro atoms. The molecule has 1 aliphatic rings. The maximum absolute atomic E-state index is 12.1. The summed E-state index contributed by atoms with van der Waals surface area (Å²) in [4.78, 5) is 26.0. The van der Waals surface area contributed by atoms with Crippen LogP contribution in [0.3, 0.4) is 0 Å². The number of likely N-dealkylation sites (tertiary alicyclic amines) is 1. The minimum atomic E-state index is -0.125. The van der Waals surface area contributed by atoms with Crippen molar-refractivity contribution in [2.45, 2.75) is 19.8 Å². The molecule has 0 unspecified atom stereocenters. The number of piperidine rings is 1. The van der Waals surface area contributed by atoms with Gasteiger partial charge in [0.05, 0.1) is 24.3 Å². The van der Waals surface area contributed by atoms with Gasteiger partial charge in [-0.1, -0.05) is 19.1 Å². The lowest BCUT2D eigenvalue weighted by atomic mass is 9.99. The highest BCUT2D eigenvalue weighted by molar-refractivity contribution is 8.00. The average Bonchev–Trinajstić information content (AvgIpc) is 2.56. The van der Waals surface area contributed by atoms with Crippen molar-refractivity contribution in [3.8, 4) is 5.75 Å². The fourth-order valence-electron chi connectivity index (χ4n) is 2.51. The second-order valence-electron chi connectivity index (χ2n) is 5.80. The number of hydrogen-bond acceptors (Lipinski definition) is 4. The standard InChI is InChI=1S/C17H24N2O3S/c1-13-7-9-19(10-8-13)17(21)12-23-11-16(20)18-14-5-3-4-6-15(14)22-2/h3-6,13H,7-12H2,1-2H3,(H,18,20). The lowest BCUT2D eigenvalue weighted by Crippen LogP contribution is -2.39. The molecule has 2 amide bonds. The van der Waals surface area contributed by atoms with Gasteiger partial charge in [-0.2, -0.15) is 0 Å². The van der Waals surface area contributed by atoms with Gasteiger partial charge in [0.15, 0.2) is 0 Å². The van der Waals surface area contributed by atoms with Crippen LogP contribution in [-0.2, 0) is 9.59 Å². The van der Waals surface area contributed by atoms with E-state index >= 15 is 0 Å². The summed E-state index contributed by atoms with van der Waals surface area (Å²) in [5, 5.41) is 2.81. The molecule has 1 fully saturated rings. The van der Waals surface area contributed by atoms with Crippen molar-refractivity contribution in [1.82, 2.24) is 4.90 Å². The molecule has 0 saturated carbocycles. The molecule has 0 aromatic heterocycles. The molecule has 0 bridgehead atoms. The molecule has 1 aromatic rings. The predicted octanol–water partition coefficient (Wildman–Crippen LogP) is 2.63. The third-order valence-electron chi connectivity index (χ3n) is 3.98. The molecule has 1 aromatic carbocycles. The summed E-state index contributed by atoms with van der Waals surface area (Å²) in [5.41, 5.74) is 0.650. The van der Waals surface area contributed by atoms with Crippen molar-refractivity contribution in [3.05, 3.63) is 24.3 Å². The van der Waals surface area contributed by atoms with Crippen molar-refractivity contribution in [2.75, 3.05) is 37.0 Å². The van der Waals surface area contributed by atoms with E-state index in [9.17, 15) is 9.59 Å². The largest absolute Gasteiger partial charge is 0.495 e. The van der Waals surface area contributed by atoms with Gasteiger partial charge in [0.2, 0.25) is 11.8 Å². The van der Waals surface area contributed by atoms with Crippen LogP contribution in [0, 0.1) is 5.92 Å². The van der Waals surface area contributed by atoms with Crippen LogP contribution in [0.4, 0.5) is 5.69 Å². The van der Waals surface area contributed by atoms with Gasteiger partial charge < -0.3 is 15.0 Å². The number of carbonyl (C=O) groups excluding carboxylic acids is 2. The third kappa shape index (κ3) is 5.46. The average molecular weight is 336 g/mol. The Labute approximate surface area is 141 Å². The van der Waals surface area contributed by atoms with E-state index in [0.717, 1.165) is 25.9 Å². The summed E-state index contributed by atoms with van der Waals surface area (Å²) in [5.74, 6) is 1.95. The molecule has 23 heavy (non-hydrogen) atoms. The number of hydrogen-bond donors (Lipinski definition) is 1. The Hall–Kier alpha value is -1.69. The van der Waals surface area contributed by atoms with Gasteiger partial charge in [-0.15, -0.1) is 11.8 Å². The van der Waals surface area contributed by atoms with Gasteiger partial charge in [-0.3, -0.25) is 9.59 Å². The summed E-state index contributed by atoms with van der Waals surface area (Å²) in [6.07, 6.45) is 2.15. The molecule has 6 heteroatoms. The number of para-hydroxylation sites is 2. The molecule has 2 rings (SSSR count). The number of ether oxygens (including phenoxy) is 1. The summed E-state index contributed by atoms with van der Waals surface area (Å²) in [7, 11) is 1.57. The molecule has 1 saturated heterocycles. The number of amides is 2. The molecule has 5 nitrogen and oxygen atoms in total. The van der Waals surface area contributed by atoms with E-state index < -0.39 is 0 Å².